The second kappa shape index (κ2) is 5.62. The lowest BCUT2D eigenvalue weighted by Gasteiger charge is -2.14. The Bertz CT molecular complexity index is 558. The molecule has 0 aliphatic rings. The smallest absolute Gasteiger partial charge is 0.149 e. The molecule has 100 valence electrons. The molecule has 7 heteroatoms. The van der Waals surface area contributed by atoms with Crippen LogP contribution in [0.25, 0.3) is 0 Å². The minimum Gasteiger partial charge on any atom is -0.389 e. The maximum atomic E-state index is 13.6. The minimum atomic E-state index is -3.07. The molecule has 0 spiro atoms. The van der Waals surface area contributed by atoms with E-state index in [0.29, 0.717) is 5.69 Å². The van der Waals surface area contributed by atoms with Crippen molar-refractivity contribution in [1.82, 2.24) is 0 Å². The molecule has 0 radical (unpaired) electrons. The van der Waals surface area contributed by atoms with Crippen LogP contribution in [-0.4, -0.2) is 31.5 Å². The van der Waals surface area contributed by atoms with E-state index in [2.05, 4.69) is 5.32 Å². The van der Waals surface area contributed by atoms with Gasteiger partial charge in [0.15, 0.2) is 0 Å². The average molecular weight is 290 g/mol. The van der Waals surface area contributed by atoms with E-state index >= 15 is 0 Å². The van der Waals surface area contributed by atoms with Crippen molar-refractivity contribution in [3.63, 3.8) is 0 Å². The molecule has 1 atom stereocenters. The number of nitrogens with two attached hydrogens (primary N) is 1. The SMILES string of the molecule is CC(CS(C)(=O)=O)Nc1ccc(C(N)=S)c(F)c1. The molecule has 0 aliphatic heterocycles. The fraction of sp³-hybridized carbons (Fsp3) is 0.364. The topological polar surface area (TPSA) is 72.2 Å². The molecule has 18 heavy (non-hydrogen) atoms. The maximum absolute atomic E-state index is 13.6. The van der Waals surface area contributed by atoms with Crippen molar-refractivity contribution in [2.24, 2.45) is 5.73 Å². The number of hydrogen-bond acceptors (Lipinski definition) is 4. The van der Waals surface area contributed by atoms with Crippen LogP contribution in [0.2, 0.25) is 0 Å². The van der Waals surface area contributed by atoms with Crippen LogP contribution >= 0.6 is 12.2 Å². The first kappa shape index (κ1) is 14.8. The van der Waals surface area contributed by atoms with Gasteiger partial charge in [0, 0.05) is 23.5 Å². The Morgan fingerprint density at radius 1 is 1.56 bits per heavy atom. The molecule has 0 amide bonds. The van der Waals surface area contributed by atoms with Gasteiger partial charge in [-0.3, -0.25) is 0 Å². The number of nitrogens with one attached hydrogen (secondary N) is 1. The van der Waals surface area contributed by atoms with Crippen LogP contribution in [0.1, 0.15) is 12.5 Å². The summed E-state index contributed by atoms with van der Waals surface area (Å²) in [6, 6.07) is 4.01. The first-order chi connectivity index (χ1) is 8.19. The van der Waals surface area contributed by atoms with Crippen LogP contribution in [0.15, 0.2) is 18.2 Å². The molecule has 0 saturated carbocycles. The summed E-state index contributed by atoms with van der Waals surface area (Å²) < 4.78 is 35.8. The zero-order chi connectivity index (χ0) is 13.9. The van der Waals surface area contributed by atoms with Gasteiger partial charge in [-0.05, 0) is 25.1 Å². The van der Waals surface area contributed by atoms with Crippen LogP contribution in [0.5, 0.6) is 0 Å². The normalized spacial score (nSPS) is 13.1. The van der Waals surface area contributed by atoms with E-state index in [1.165, 1.54) is 12.1 Å². The molecule has 0 aliphatic carbocycles. The lowest BCUT2D eigenvalue weighted by atomic mass is 10.2. The summed E-state index contributed by atoms with van der Waals surface area (Å²) in [5, 5.41) is 2.90. The highest BCUT2D eigenvalue weighted by Gasteiger charge is 2.11. The van der Waals surface area contributed by atoms with Crippen molar-refractivity contribution >= 4 is 32.7 Å². The van der Waals surface area contributed by atoms with Crippen LogP contribution in [-0.2, 0) is 9.84 Å². The third-order valence-corrected chi connectivity index (χ3v) is 3.53. The lowest BCUT2D eigenvalue weighted by Crippen LogP contribution is -2.25. The number of halogens is 1. The molecule has 0 saturated heterocycles. The maximum Gasteiger partial charge on any atom is 0.149 e. The Hall–Kier alpha value is -1.21. The van der Waals surface area contributed by atoms with Crippen molar-refractivity contribution in [3.8, 4) is 0 Å². The fourth-order valence-corrected chi connectivity index (χ4v) is 2.74. The molecule has 1 aromatic carbocycles. The zero-order valence-electron chi connectivity index (χ0n) is 10.1. The predicted octanol–water partition coefficient (Wildman–Crippen LogP) is 1.30. The van der Waals surface area contributed by atoms with Gasteiger partial charge in [-0.25, -0.2) is 12.8 Å². The molecule has 0 bridgehead atoms. The first-order valence-corrected chi connectivity index (χ1v) is 7.69. The molecule has 1 aromatic rings. The number of hydrogen-bond donors (Lipinski definition) is 2. The van der Waals surface area contributed by atoms with Gasteiger partial charge in [-0.15, -0.1) is 0 Å². The van der Waals surface area contributed by atoms with E-state index in [4.69, 9.17) is 18.0 Å². The van der Waals surface area contributed by atoms with Crippen LogP contribution in [0.4, 0.5) is 10.1 Å². The molecule has 0 heterocycles. The molecular formula is C11H15FN2O2S2. The lowest BCUT2D eigenvalue weighted by molar-refractivity contribution is 0.598. The number of rotatable bonds is 5. The Balaban J connectivity index is 2.81. The van der Waals surface area contributed by atoms with Crippen LogP contribution < -0.4 is 11.1 Å². The zero-order valence-corrected chi connectivity index (χ0v) is 11.7. The van der Waals surface area contributed by atoms with Gasteiger partial charge >= 0.3 is 0 Å². The van der Waals surface area contributed by atoms with Crippen molar-refractivity contribution in [3.05, 3.63) is 29.6 Å². The average Bonchev–Trinajstić information content (AvgIpc) is 2.13. The summed E-state index contributed by atoms with van der Waals surface area (Å²) in [6.07, 6.45) is 1.15. The summed E-state index contributed by atoms with van der Waals surface area (Å²) in [7, 11) is -3.07. The van der Waals surface area contributed by atoms with E-state index in [-0.39, 0.29) is 22.3 Å². The first-order valence-electron chi connectivity index (χ1n) is 5.22. The summed E-state index contributed by atoms with van der Waals surface area (Å²) in [5.74, 6) is -0.551. The van der Waals surface area contributed by atoms with Gasteiger partial charge in [0.2, 0.25) is 0 Å². The molecule has 0 aromatic heterocycles. The quantitative estimate of drug-likeness (QED) is 0.800. The highest BCUT2D eigenvalue weighted by Crippen LogP contribution is 2.15. The van der Waals surface area contributed by atoms with E-state index in [0.717, 1.165) is 6.26 Å². The molecular weight excluding hydrogens is 275 g/mol. The molecule has 4 nitrogen and oxygen atoms in total. The van der Waals surface area contributed by atoms with Crippen LogP contribution in [0, 0.1) is 5.82 Å². The molecule has 3 N–H and O–H groups in total. The van der Waals surface area contributed by atoms with E-state index < -0.39 is 15.7 Å². The van der Waals surface area contributed by atoms with Crippen molar-refractivity contribution in [2.75, 3.05) is 17.3 Å². The number of thiocarbonyl (C=S) groups is 1. The van der Waals surface area contributed by atoms with Crippen molar-refractivity contribution in [1.29, 1.82) is 0 Å². The number of anilines is 1. The van der Waals surface area contributed by atoms with Gasteiger partial charge in [0.1, 0.15) is 20.6 Å². The monoisotopic (exact) mass is 290 g/mol. The molecule has 1 rings (SSSR count). The van der Waals surface area contributed by atoms with E-state index in [1.807, 2.05) is 0 Å². The van der Waals surface area contributed by atoms with E-state index in [1.54, 1.807) is 13.0 Å². The number of sulfone groups is 1. The summed E-state index contributed by atoms with van der Waals surface area (Å²) in [6.45, 7) is 1.71. The Labute approximate surface area is 111 Å². The fourth-order valence-electron chi connectivity index (χ4n) is 1.59. The largest absolute Gasteiger partial charge is 0.389 e. The summed E-state index contributed by atoms with van der Waals surface area (Å²) >= 11 is 4.69. The second-order valence-electron chi connectivity index (χ2n) is 4.20. The third-order valence-electron chi connectivity index (χ3n) is 2.20. The summed E-state index contributed by atoms with van der Waals surface area (Å²) in [4.78, 5) is -0.0109. The molecule has 1 unspecified atom stereocenters. The third kappa shape index (κ3) is 4.58. The standard InChI is InChI=1S/C11H15FN2O2S2/c1-7(6-18(2,15)16)14-8-3-4-9(11(13)17)10(12)5-8/h3-5,7,14H,6H2,1-2H3,(H2,13,17). The van der Waals surface area contributed by atoms with Crippen molar-refractivity contribution < 1.29 is 12.8 Å². The highest BCUT2D eigenvalue weighted by atomic mass is 32.2. The highest BCUT2D eigenvalue weighted by molar-refractivity contribution is 7.90. The summed E-state index contributed by atoms with van der Waals surface area (Å²) in [5.41, 5.74) is 6.00. The van der Waals surface area contributed by atoms with Crippen LogP contribution in [0.3, 0.4) is 0 Å². The van der Waals surface area contributed by atoms with Gasteiger partial charge in [-0.1, -0.05) is 12.2 Å². The predicted molar refractivity (Wildman–Crippen MR) is 75.1 cm³/mol. The number of benzene rings is 1. The van der Waals surface area contributed by atoms with E-state index in [9.17, 15) is 12.8 Å². The second-order valence-corrected chi connectivity index (χ2v) is 6.82. The Kier molecular flexibility index (Phi) is 4.64. The van der Waals surface area contributed by atoms with Gasteiger partial charge < -0.3 is 11.1 Å². The minimum absolute atomic E-state index is 0.0109. The molecule has 0 fully saturated rings. The van der Waals surface area contributed by atoms with Gasteiger partial charge in [0.05, 0.1) is 5.75 Å². The van der Waals surface area contributed by atoms with Gasteiger partial charge in [-0.2, -0.15) is 0 Å². The Morgan fingerprint density at radius 3 is 2.61 bits per heavy atom. The Morgan fingerprint density at radius 2 is 2.17 bits per heavy atom. The van der Waals surface area contributed by atoms with Gasteiger partial charge in [0.25, 0.3) is 0 Å². The van der Waals surface area contributed by atoms with Crippen molar-refractivity contribution in [2.45, 2.75) is 13.0 Å².